The standard InChI is InChI=1S/C20H26N4O.ClH/c25-20(14-21-13-15-10-11-15)22-19-12-18(16-6-4-5-7-16)23-24(19)17-8-2-1-3-9-17;/h1-3,8-9,12,15-16,21H,4-7,10-11,13-14H2,(H,22,25);1H. The number of carbonyl (C=O) groups excluding carboxylic acids is 1. The molecule has 26 heavy (non-hydrogen) atoms. The zero-order chi connectivity index (χ0) is 17.1. The maximum absolute atomic E-state index is 12.3. The van der Waals surface area contributed by atoms with Gasteiger partial charge in [-0.2, -0.15) is 5.10 Å². The molecule has 2 aliphatic rings. The molecule has 1 heterocycles. The number of nitrogens with zero attached hydrogens (tertiary/aromatic N) is 2. The molecule has 5 nitrogen and oxygen atoms in total. The number of para-hydroxylation sites is 1. The Hall–Kier alpha value is -1.85. The van der Waals surface area contributed by atoms with Gasteiger partial charge in [0.2, 0.25) is 5.91 Å². The molecule has 0 bridgehead atoms. The zero-order valence-corrected chi connectivity index (χ0v) is 15.8. The third-order valence-corrected chi connectivity index (χ3v) is 5.19. The van der Waals surface area contributed by atoms with Crippen molar-refractivity contribution in [2.75, 3.05) is 18.4 Å². The molecule has 2 N–H and O–H groups in total. The number of amides is 1. The number of aromatic nitrogens is 2. The fourth-order valence-electron chi connectivity index (χ4n) is 3.57. The highest BCUT2D eigenvalue weighted by atomic mass is 35.5. The Kier molecular flexibility index (Phi) is 6.33. The zero-order valence-electron chi connectivity index (χ0n) is 15.0. The number of hydrogen-bond acceptors (Lipinski definition) is 3. The van der Waals surface area contributed by atoms with Crippen LogP contribution < -0.4 is 10.6 Å². The van der Waals surface area contributed by atoms with Gasteiger partial charge in [0.05, 0.1) is 17.9 Å². The summed E-state index contributed by atoms with van der Waals surface area (Å²) >= 11 is 0. The van der Waals surface area contributed by atoms with Crippen LogP contribution in [0.25, 0.3) is 5.69 Å². The van der Waals surface area contributed by atoms with E-state index in [1.807, 2.05) is 35.0 Å². The van der Waals surface area contributed by atoms with Crippen molar-refractivity contribution in [1.82, 2.24) is 15.1 Å². The molecule has 2 aromatic rings. The monoisotopic (exact) mass is 374 g/mol. The Morgan fingerprint density at radius 2 is 1.85 bits per heavy atom. The highest BCUT2D eigenvalue weighted by Crippen LogP contribution is 2.35. The summed E-state index contributed by atoms with van der Waals surface area (Å²) in [6, 6.07) is 12.1. The largest absolute Gasteiger partial charge is 0.309 e. The number of anilines is 1. The quantitative estimate of drug-likeness (QED) is 0.772. The van der Waals surface area contributed by atoms with Crippen LogP contribution in [0.3, 0.4) is 0 Å². The van der Waals surface area contributed by atoms with E-state index in [9.17, 15) is 4.79 Å². The molecule has 0 saturated heterocycles. The Bertz CT molecular complexity index is 721. The third kappa shape index (κ3) is 4.65. The minimum absolute atomic E-state index is 0. The lowest BCUT2D eigenvalue weighted by atomic mass is 10.0. The van der Waals surface area contributed by atoms with Crippen LogP contribution in [0.5, 0.6) is 0 Å². The van der Waals surface area contributed by atoms with E-state index in [0.29, 0.717) is 12.5 Å². The van der Waals surface area contributed by atoms with Gasteiger partial charge in [0, 0.05) is 12.0 Å². The lowest BCUT2D eigenvalue weighted by Crippen LogP contribution is -2.30. The molecular formula is C20H27ClN4O. The van der Waals surface area contributed by atoms with E-state index < -0.39 is 0 Å². The molecule has 0 aliphatic heterocycles. The third-order valence-electron chi connectivity index (χ3n) is 5.19. The van der Waals surface area contributed by atoms with Crippen molar-refractivity contribution in [2.45, 2.75) is 44.4 Å². The Labute approximate surface area is 161 Å². The van der Waals surface area contributed by atoms with Crippen LogP contribution in [-0.4, -0.2) is 28.8 Å². The second-order valence-corrected chi connectivity index (χ2v) is 7.31. The van der Waals surface area contributed by atoms with E-state index in [1.54, 1.807) is 0 Å². The summed E-state index contributed by atoms with van der Waals surface area (Å²) in [5, 5.41) is 11.1. The second kappa shape index (κ2) is 8.69. The minimum atomic E-state index is -0.00398. The van der Waals surface area contributed by atoms with Crippen LogP contribution in [0.4, 0.5) is 5.82 Å². The average molecular weight is 375 g/mol. The van der Waals surface area contributed by atoms with Crippen LogP contribution in [-0.2, 0) is 4.79 Å². The number of benzene rings is 1. The van der Waals surface area contributed by atoms with Gasteiger partial charge in [0.15, 0.2) is 0 Å². The smallest absolute Gasteiger partial charge is 0.239 e. The molecular weight excluding hydrogens is 348 g/mol. The van der Waals surface area contributed by atoms with E-state index >= 15 is 0 Å². The van der Waals surface area contributed by atoms with Crippen molar-refractivity contribution in [3.05, 3.63) is 42.1 Å². The second-order valence-electron chi connectivity index (χ2n) is 7.31. The number of hydrogen-bond donors (Lipinski definition) is 2. The first-order chi connectivity index (χ1) is 12.3. The van der Waals surface area contributed by atoms with Crippen molar-refractivity contribution in [1.29, 1.82) is 0 Å². The maximum atomic E-state index is 12.3. The van der Waals surface area contributed by atoms with Crippen LogP contribution >= 0.6 is 12.4 Å². The molecule has 140 valence electrons. The molecule has 1 aromatic carbocycles. The van der Waals surface area contributed by atoms with Gasteiger partial charge in [0.1, 0.15) is 5.82 Å². The summed E-state index contributed by atoms with van der Waals surface area (Å²) in [7, 11) is 0. The van der Waals surface area contributed by atoms with Crippen molar-refractivity contribution < 1.29 is 4.79 Å². The molecule has 6 heteroatoms. The highest BCUT2D eigenvalue weighted by Gasteiger charge is 2.23. The van der Waals surface area contributed by atoms with Crippen molar-refractivity contribution in [2.24, 2.45) is 5.92 Å². The van der Waals surface area contributed by atoms with Gasteiger partial charge < -0.3 is 10.6 Å². The van der Waals surface area contributed by atoms with E-state index in [-0.39, 0.29) is 18.3 Å². The summed E-state index contributed by atoms with van der Waals surface area (Å²) in [5.74, 6) is 2.06. The molecule has 0 spiro atoms. The van der Waals surface area contributed by atoms with E-state index in [1.165, 1.54) is 38.5 Å². The number of halogens is 1. The predicted molar refractivity (Wildman–Crippen MR) is 106 cm³/mol. The maximum Gasteiger partial charge on any atom is 0.239 e. The van der Waals surface area contributed by atoms with Crippen molar-refractivity contribution in [3.8, 4) is 5.69 Å². The van der Waals surface area contributed by atoms with Gasteiger partial charge in [-0.25, -0.2) is 4.68 Å². The first-order valence-corrected chi connectivity index (χ1v) is 9.45. The molecule has 2 saturated carbocycles. The molecule has 1 aromatic heterocycles. The first kappa shape index (κ1) is 18.9. The fourth-order valence-corrected chi connectivity index (χ4v) is 3.57. The molecule has 0 unspecified atom stereocenters. The fraction of sp³-hybridized carbons (Fsp3) is 0.500. The Morgan fingerprint density at radius 1 is 1.12 bits per heavy atom. The topological polar surface area (TPSA) is 59.0 Å². The highest BCUT2D eigenvalue weighted by molar-refractivity contribution is 5.91. The predicted octanol–water partition coefficient (Wildman–Crippen LogP) is 3.89. The normalized spacial score (nSPS) is 17.1. The van der Waals surface area contributed by atoms with Crippen LogP contribution in [0.15, 0.2) is 36.4 Å². The van der Waals surface area contributed by atoms with Gasteiger partial charge in [0.25, 0.3) is 0 Å². The molecule has 0 atom stereocenters. The van der Waals surface area contributed by atoms with Gasteiger partial charge in [-0.1, -0.05) is 31.0 Å². The minimum Gasteiger partial charge on any atom is -0.309 e. The summed E-state index contributed by atoms with van der Waals surface area (Å²) in [5.41, 5.74) is 2.08. The number of nitrogens with one attached hydrogen (secondary N) is 2. The first-order valence-electron chi connectivity index (χ1n) is 9.45. The Balaban J connectivity index is 0.00000196. The van der Waals surface area contributed by atoms with E-state index in [2.05, 4.69) is 16.7 Å². The Morgan fingerprint density at radius 3 is 2.54 bits per heavy atom. The van der Waals surface area contributed by atoms with Gasteiger partial charge in [-0.15, -0.1) is 12.4 Å². The lowest BCUT2D eigenvalue weighted by Gasteiger charge is -2.09. The molecule has 0 radical (unpaired) electrons. The number of rotatable bonds is 7. The van der Waals surface area contributed by atoms with Gasteiger partial charge >= 0.3 is 0 Å². The lowest BCUT2D eigenvalue weighted by molar-refractivity contribution is -0.115. The van der Waals surface area contributed by atoms with Crippen LogP contribution in [0, 0.1) is 5.92 Å². The average Bonchev–Trinajstić information content (AvgIpc) is 3.11. The van der Waals surface area contributed by atoms with Gasteiger partial charge in [-0.05, 0) is 50.3 Å². The van der Waals surface area contributed by atoms with E-state index in [0.717, 1.165) is 29.7 Å². The summed E-state index contributed by atoms with van der Waals surface area (Å²) in [4.78, 5) is 12.3. The van der Waals surface area contributed by atoms with Crippen molar-refractivity contribution in [3.63, 3.8) is 0 Å². The van der Waals surface area contributed by atoms with Crippen LogP contribution in [0.1, 0.15) is 50.1 Å². The molecule has 4 rings (SSSR count). The summed E-state index contributed by atoms with van der Waals surface area (Å²) in [6.45, 7) is 1.30. The molecule has 1 amide bonds. The summed E-state index contributed by atoms with van der Waals surface area (Å²) in [6.07, 6.45) is 7.52. The SMILES string of the molecule is Cl.O=C(CNCC1CC1)Nc1cc(C2CCCC2)nn1-c1ccccc1. The molecule has 2 aliphatic carbocycles. The molecule has 2 fully saturated rings. The van der Waals surface area contributed by atoms with E-state index in [4.69, 9.17) is 5.10 Å². The van der Waals surface area contributed by atoms with Crippen LogP contribution in [0.2, 0.25) is 0 Å². The van der Waals surface area contributed by atoms with Crippen molar-refractivity contribution >= 4 is 24.1 Å². The number of carbonyl (C=O) groups is 1. The summed E-state index contributed by atoms with van der Waals surface area (Å²) < 4.78 is 1.87. The van der Waals surface area contributed by atoms with Gasteiger partial charge in [-0.3, -0.25) is 4.79 Å².